The number of para-hydroxylation sites is 3. The van der Waals surface area contributed by atoms with Crippen LogP contribution in [0.4, 0.5) is 5.69 Å². The largest absolute Gasteiger partial charge is 0.497 e. The molecule has 0 spiro atoms. The molecule has 0 fully saturated rings. The lowest BCUT2D eigenvalue weighted by molar-refractivity contribution is 0.415. The second-order valence-corrected chi connectivity index (χ2v) is 6.04. The zero-order valence-corrected chi connectivity index (χ0v) is 15.3. The molecule has 4 aromatic rings. The number of rotatable bonds is 5. The van der Waals surface area contributed by atoms with Gasteiger partial charge in [0.1, 0.15) is 5.75 Å². The molecule has 28 heavy (non-hydrogen) atoms. The van der Waals surface area contributed by atoms with Crippen LogP contribution in [0.25, 0.3) is 11.0 Å². The summed E-state index contributed by atoms with van der Waals surface area (Å²) in [5, 5.41) is 4.33. The predicted octanol–water partition coefficient (Wildman–Crippen LogP) is 4.27. The van der Waals surface area contributed by atoms with Crippen LogP contribution in [0.3, 0.4) is 0 Å². The van der Waals surface area contributed by atoms with Gasteiger partial charge < -0.3 is 9.72 Å². The lowest BCUT2D eigenvalue weighted by Crippen LogP contribution is -2.20. The fraction of sp³-hybridized carbons (Fsp3) is 0.0455. The van der Waals surface area contributed by atoms with Crippen LogP contribution in [0.1, 0.15) is 11.4 Å². The Morgan fingerprint density at radius 1 is 0.964 bits per heavy atom. The lowest BCUT2D eigenvalue weighted by atomic mass is 10.2. The molecule has 0 amide bonds. The van der Waals surface area contributed by atoms with E-state index < -0.39 is 0 Å². The van der Waals surface area contributed by atoms with Gasteiger partial charge in [0.15, 0.2) is 11.7 Å². The first kappa shape index (κ1) is 17.5. The fourth-order valence-electron chi connectivity index (χ4n) is 2.69. The zero-order chi connectivity index (χ0) is 19.2. The minimum atomic E-state index is 0.534. The second-order valence-electron chi connectivity index (χ2n) is 6.04. The van der Waals surface area contributed by atoms with Crippen molar-refractivity contribution >= 4 is 28.8 Å². The molecule has 0 radical (unpaired) electrons. The van der Waals surface area contributed by atoms with Crippen molar-refractivity contribution in [1.82, 2.24) is 15.4 Å². The van der Waals surface area contributed by atoms with Crippen molar-refractivity contribution < 1.29 is 4.74 Å². The van der Waals surface area contributed by atoms with Crippen molar-refractivity contribution in [1.29, 1.82) is 0 Å². The molecule has 0 bridgehead atoms. The molecule has 0 atom stereocenters. The van der Waals surface area contributed by atoms with Gasteiger partial charge in [-0.3, -0.25) is 5.43 Å². The molecule has 0 unspecified atom stereocenters. The molecule has 0 aliphatic rings. The van der Waals surface area contributed by atoms with Gasteiger partial charge in [-0.25, -0.2) is 9.98 Å². The minimum absolute atomic E-state index is 0.534. The summed E-state index contributed by atoms with van der Waals surface area (Å²) < 4.78 is 5.17. The number of imidazole rings is 1. The molecule has 138 valence electrons. The van der Waals surface area contributed by atoms with Crippen LogP contribution in [0.5, 0.6) is 5.75 Å². The average molecular weight is 369 g/mol. The summed E-state index contributed by atoms with van der Waals surface area (Å²) in [6.07, 6.45) is 1.72. The number of ether oxygens (including phenoxy) is 1. The SMILES string of the molecule is COc1ccc(/C=N/NC(=Nc2ccccc2)c2nc3ccccc3[nH]2)cc1. The molecule has 4 rings (SSSR count). The minimum Gasteiger partial charge on any atom is -0.497 e. The molecule has 2 N–H and O–H groups in total. The fourth-order valence-corrected chi connectivity index (χ4v) is 2.69. The van der Waals surface area contributed by atoms with Gasteiger partial charge in [0, 0.05) is 0 Å². The van der Waals surface area contributed by atoms with Crippen LogP contribution in [-0.4, -0.2) is 29.1 Å². The summed E-state index contributed by atoms with van der Waals surface area (Å²) in [5.41, 5.74) is 6.59. The van der Waals surface area contributed by atoms with Crippen LogP contribution >= 0.6 is 0 Å². The Morgan fingerprint density at radius 3 is 2.46 bits per heavy atom. The molecular weight excluding hydrogens is 350 g/mol. The van der Waals surface area contributed by atoms with Gasteiger partial charge >= 0.3 is 0 Å². The Kier molecular flexibility index (Phi) is 5.11. The van der Waals surface area contributed by atoms with Crippen LogP contribution in [0.15, 0.2) is 89.0 Å². The molecule has 6 heteroatoms. The Labute approximate surface area is 162 Å². The summed E-state index contributed by atoms with van der Waals surface area (Å²) in [6.45, 7) is 0. The van der Waals surface area contributed by atoms with Crippen LogP contribution in [0, 0.1) is 0 Å². The summed E-state index contributed by atoms with van der Waals surface area (Å²) in [5.74, 6) is 1.96. The molecule has 1 heterocycles. The molecule has 0 saturated heterocycles. The molecule has 0 saturated carbocycles. The zero-order valence-electron chi connectivity index (χ0n) is 15.3. The van der Waals surface area contributed by atoms with E-state index in [0.29, 0.717) is 11.7 Å². The summed E-state index contributed by atoms with van der Waals surface area (Å²) in [4.78, 5) is 12.6. The van der Waals surface area contributed by atoms with Crippen LogP contribution < -0.4 is 10.2 Å². The molecular formula is C22H19N5O. The second kappa shape index (κ2) is 8.18. The highest BCUT2D eigenvalue weighted by molar-refractivity contribution is 6.00. The van der Waals surface area contributed by atoms with Gasteiger partial charge in [0.2, 0.25) is 0 Å². The third-order valence-electron chi connectivity index (χ3n) is 4.11. The van der Waals surface area contributed by atoms with Crippen molar-refractivity contribution in [3.8, 4) is 5.75 Å². The van der Waals surface area contributed by atoms with Crippen molar-refractivity contribution in [2.75, 3.05) is 7.11 Å². The number of methoxy groups -OCH3 is 1. The van der Waals surface area contributed by atoms with E-state index in [1.165, 1.54) is 0 Å². The maximum absolute atomic E-state index is 5.17. The first-order valence-corrected chi connectivity index (χ1v) is 8.84. The number of H-pyrrole nitrogens is 1. The Balaban J connectivity index is 1.62. The lowest BCUT2D eigenvalue weighted by Gasteiger charge is -2.03. The Hall–Kier alpha value is -3.93. The third kappa shape index (κ3) is 4.07. The number of hydrogen-bond acceptors (Lipinski definition) is 4. The van der Waals surface area contributed by atoms with Gasteiger partial charge in [0.25, 0.3) is 0 Å². The smallest absolute Gasteiger partial charge is 0.190 e. The van der Waals surface area contributed by atoms with Gasteiger partial charge in [0.05, 0.1) is 30.0 Å². The topological polar surface area (TPSA) is 74.7 Å². The van der Waals surface area contributed by atoms with E-state index >= 15 is 0 Å². The molecule has 1 aromatic heterocycles. The Bertz CT molecular complexity index is 1080. The van der Waals surface area contributed by atoms with Crippen molar-refractivity contribution in [3.63, 3.8) is 0 Å². The van der Waals surface area contributed by atoms with Crippen molar-refractivity contribution in [2.24, 2.45) is 10.1 Å². The van der Waals surface area contributed by atoms with Crippen molar-refractivity contribution in [2.45, 2.75) is 0 Å². The normalized spacial score (nSPS) is 11.8. The van der Waals surface area contributed by atoms with Crippen molar-refractivity contribution in [3.05, 3.63) is 90.3 Å². The number of nitrogens with one attached hydrogen (secondary N) is 2. The number of aromatic amines is 1. The molecule has 6 nitrogen and oxygen atoms in total. The standard InChI is InChI=1S/C22H19N5O/c1-28-18-13-11-16(12-14-18)15-23-27-22(24-17-7-3-2-4-8-17)21-25-19-9-5-6-10-20(19)26-21/h2-15H,1H3,(H,24,27)(H,25,26)/b23-15+. The van der Waals surface area contributed by atoms with Gasteiger partial charge in [-0.05, 0) is 54.1 Å². The average Bonchev–Trinajstić information content (AvgIpc) is 3.18. The first-order valence-electron chi connectivity index (χ1n) is 8.84. The van der Waals surface area contributed by atoms with Gasteiger partial charge in [-0.1, -0.05) is 30.3 Å². The predicted molar refractivity (Wildman–Crippen MR) is 112 cm³/mol. The number of benzene rings is 3. The van der Waals surface area contributed by atoms with E-state index in [9.17, 15) is 0 Å². The highest BCUT2D eigenvalue weighted by atomic mass is 16.5. The summed E-state index contributed by atoms with van der Waals surface area (Å²) >= 11 is 0. The maximum Gasteiger partial charge on any atom is 0.190 e. The van der Waals surface area contributed by atoms with Crippen LogP contribution in [-0.2, 0) is 0 Å². The van der Waals surface area contributed by atoms with E-state index in [0.717, 1.165) is 28.0 Å². The van der Waals surface area contributed by atoms with Crippen LogP contribution in [0.2, 0.25) is 0 Å². The highest BCUT2D eigenvalue weighted by Crippen LogP contribution is 2.15. The molecule has 0 aliphatic heterocycles. The Morgan fingerprint density at radius 2 is 1.71 bits per heavy atom. The highest BCUT2D eigenvalue weighted by Gasteiger charge is 2.09. The number of aliphatic imine (C=N–C) groups is 1. The van der Waals surface area contributed by atoms with E-state index in [4.69, 9.17) is 4.74 Å². The van der Waals surface area contributed by atoms with E-state index in [1.54, 1.807) is 13.3 Å². The number of nitrogens with zero attached hydrogens (tertiary/aromatic N) is 3. The van der Waals surface area contributed by atoms with E-state index in [-0.39, 0.29) is 0 Å². The molecule has 0 aliphatic carbocycles. The third-order valence-corrected chi connectivity index (χ3v) is 4.11. The number of fused-ring (bicyclic) bond motifs is 1. The molecule has 3 aromatic carbocycles. The maximum atomic E-state index is 5.17. The monoisotopic (exact) mass is 369 g/mol. The summed E-state index contributed by atoms with van der Waals surface area (Å²) in [7, 11) is 1.64. The quantitative estimate of drug-likeness (QED) is 0.313. The number of hydrazone groups is 1. The van der Waals surface area contributed by atoms with Gasteiger partial charge in [-0.2, -0.15) is 5.10 Å². The first-order chi connectivity index (χ1) is 13.8. The van der Waals surface area contributed by atoms with E-state index in [2.05, 4.69) is 25.5 Å². The number of hydrogen-bond donors (Lipinski definition) is 2. The van der Waals surface area contributed by atoms with Gasteiger partial charge in [-0.15, -0.1) is 0 Å². The number of amidine groups is 1. The summed E-state index contributed by atoms with van der Waals surface area (Å²) in [6, 6.07) is 25.2. The van der Waals surface area contributed by atoms with E-state index in [1.807, 2.05) is 78.9 Å². The number of aromatic nitrogens is 2.